The summed E-state index contributed by atoms with van der Waals surface area (Å²) in [6.07, 6.45) is 1.00. The molecule has 0 saturated heterocycles. The summed E-state index contributed by atoms with van der Waals surface area (Å²) in [6.45, 7) is 8.38. The first-order valence-corrected chi connectivity index (χ1v) is 7.68. The SMILES string of the molecule is COc1cc2c(cc1F)nc(C(C)Cl)n2C(C)CC(C)C. The van der Waals surface area contributed by atoms with Crippen molar-refractivity contribution in [3.05, 3.63) is 23.8 Å². The van der Waals surface area contributed by atoms with Gasteiger partial charge in [-0.25, -0.2) is 9.37 Å². The zero-order valence-corrected chi connectivity index (χ0v) is 13.9. The number of ether oxygens (including phenoxy) is 1. The largest absolute Gasteiger partial charge is 0.494 e. The van der Waals surface area contributed by atoms with Crippen LogP contribution in [0.1, 0.15) is 51.4 Å². The maximum Gasteiger partial charge on any atom is 0.167 e. The lowest BCUT2D eigenvalue weighted by Crippen LogP contribution is -2.12. The summed E-state index contributed by atoms with van der Waals surface area (Å²) in [5.74, 6) is 1.15. The highest BCUT2D eigenvalue weighted by atomic mass is 35.5. The fraction of sp³-hybridized carbons (Fsp3) is 0.562. The van der Waals surface area contributed by atoms with E-state index >= 15 is 0 Å². The van der Waals surface area contributed by atoms with Crippen molar-refractivity contribution >= 4 is 22.6 Å². The first kappa shape index (κ1) is 16.1. The predicted molar refractivity (Wildman–Crippen MR) is 84.7 cm³/mol. The second-order valence-electron chi connectivity index (χ2n) is 5.91. The number of nitrogens with zero attached hydrogens (tertiary/aromatic N) is 2. The lowest BCUT2D eigenvalue weighted by atomic mass is 10.0. The number of imidazole rings is 1. The van der Waals surface area contributed by atoms with E-state index in [1.54, 1.807) is 6.07 Å². The Morgan fingerprint density at radius 1 is 1.29 bits per heavy atom. The zero-order valence-electron chi connectivity index (χ0n) is 13.2. The second-order valence-corrected chi connectivity index (χ2v) is 6.56. The Morgan fingerprint density at radius 2 is 1.95 bits per heavy atom. The second kappa shape index (κ2) is 6.22. The van der Waals surface area contributed by atoms with Crippen LogP contribution in [0.25, 0.3) is 11.0 Å². The van der Waals surface area contributed by atoms with Crippen LogP contribution < -0.4 is 4.74 Å². The molecule has 0 amide bonds. The van der Waals surface area contributed by atoms with Crippen molar-refractivity contribution in [3.63, 3.8) is 0 Å². The first-order chi connectivity index (χ1) is 9.85. The van der Waals surface area contributed by atoms with Crippen LogP contribution in [0, 0.1) is 11.7 Å². The van der Waals surface area contributed by atoms with Crippen molar-refractivity contribution in [3.8, 4) is 5.75 Å². The van der Waals surface area contributed by atoms with Crippen LogP contribution in [0.2, 0.25) is 0 Å². The van der Waals surface area contributed by atoms with E-state index in [0.29, 0.717) is 11.4 Å². The van der Waals surface area contributed by atoms with Crippen molar-refractivity contribution in [2.24, 2.45) is 5.92 Å². The molecular formula is C16H22ClFN2O. The van der Waals surface area contributed by atoms with Gasteiger partial charge in [-0.1, -0.05) is 13.8 Å². The van der Waals surface area contributed by atoms with Gasteiger partial charge in [-0.2, -0.15) is 0 Å². The van der Waals surface area contributed by atoms with Gasteiger partial charge in [0.2, 0.25) is 0 Å². The number of halogens is 2. The molecule has 1 aromatic heterocycles. The lowest BCUT2D eigenvalue weighted by Gasteiger charge is -2.20. The Hall–Kier alpha value is -1.29. The fourth-order valence-electron chi connectivity index (χ4n) is 2.80. The molecule has 5 heteroatoms. The minimum Gasteiger partial charge on any atom is -0.494 e. The smallest absolute Gasteiger partial charge is 0.167 e. The summed E-state index contributed by atoms with van der Waals surface area (Å²) in [6, 6.07) is 3.36. The predicted octanol–water partition coefficient (Wildman–Crippen LogP) is 5.09. The number of hydrogen-bond donors (Lipinski definition) is 0. The monoisotopic (exact) mass is 312 g/mol. The number of benzene rings is 1. The minimum absolute atomic E-state index is 0.231. The maximum atomic E-state index is 13.9. The number of rotatable bonds is 5. The van der Waals surface area contributed by atoms with Gasteiger partial charge in [0.1, 0.15) is 5.82 Å². The third-order valence-corrected chi connectivity index (χ3v) is 3.79. The topological polar surface area (TPSA) is 27.1 Å². The molecule has 21 heavy (non-hydrogen) atoms. The molecule has 3 nitrogen and oxygen atoms in total. The zero-order chi connectivity index (χ0) is 15.7. The van der Waals surface area contributed by atoms with Gasteiger partial charge in [0.25, 0.3) is 0 Å². The molecule has 0 N–H and O–H groups in total. The highest BCUT2D eigenvalue weighted by molar-refractivity contribution is 6.20. The van der Waals surface area contributed by atoms with Gasteiger partial charge in [0, 0.05) is 18.2 Å². The van der Waals surface area contributed by atoms with Gasteiger partial charge < -0.3 is 9.30 Å². The summed E-state index contributed by atoms with van der Waals surface area (Å²) in [7, 11) is 1.47. The molecule has 0 aliphatic rings. The third kappa shape index (κ3) is 3.15. The maximum absolute atomic E-state index is 13.9. The van der Waals surface area contributed by atoms with Gasteiger partial charge >= 0.3 is 0 Å². The van der Waals surface area contributed by atoms with Crippen LogP contribution in [0.4, 0.5) is 4.39 Å². The summed E-state index contributed by atoms with van der Waals surface area (Å²) >= 11 is 6.27. The van der Waals surface area contributed by atoms with Gasteiger partial charge in [-0.3, -0.25) is 0 Å². The van der Waals surface area contributed by atoms with Crippen molar-refractivity contribution in [1.82, 2.24) is 9.55 Å². The van der Waals surface area contributed by atoms with Crippen LogP contribution in [0.5, 0.6) is 5.75 Å². The summed E-state index contributed by atoms with van der Waals surface area (Å²) in [5, 5.41) is -0.235. The van der Waals surface area contributed by atoms with Crippen molar-refractivity contribution in [2.75, 3.05) is 7.11 Å². The van der Waals surface area contributed by atoms with Crippen LogP contribution in [0.15, 0.2) is 12.1 Å². The van der Waals surface area contributed by atoms with E-state index in [-0.39, 0.29) is 17.2 Å². The molecule has 2 aromatic rings. The molecule has 2 unspecified atom stereocenters. The first-order valence-electron chi connectivity index (χ1n) is 7.24. The Labute approximate surface area is 130 Å². The molecule has 0 bridgehead atoms. The third-order valence-electron chi connectivity index (χ3n) is 3.60. The van der Waals surface area contributed by atoms with E-state index < -0.39 is 5.82 Å². The Morgan fingerprint density at radius 3 is 2.48 bits per heavy atom. The molecule has 0 aliphatic heterocycles. The Balaban J connectivity index is 2.66. The molecule has 0 radical (unpaired) electrons. The number of aromatic nitrogens is 2. The molecule has 0 fully saturated rings. The summed E-state index contributed by atoms with van der Waals surface area (Å²) in [5.41, 5.74) is 1.48. The number of hydrogen-bond acceptors (Lipinski definition) is 2. The molecule has 0 aliphatic carbocycles. The minimum atomic E-state index is -0.403. The van der Waals surface area contributed by atoms with E-state index in [1.807, 2.05) is 6.92 Å². The average Bonchev–Trinajstić information content (AvgIpc) is 2.75. The Kier molecular flexibility index (Phi) is 4.77. The normalized spacial score (nSPS) is 14.7. The van der Waals surface area contributed by atoms with Crippen molar-refractivity contribution < 1.29 is 9.13 Å². The molecule has 1 aromatic carbocycles. The molecule has 0 saturated carbocycles. The van der Waals surface area contributed by atoms with Crippen molar-refractivity contribution in [2.45, 2.75) is 45.5 Å². The van der Waals surface area contributed by atoms with E-state index in [4.69, 9.17) is 16.3 Å². The summed E-state index contributed by atoms with van der Waals surface area (Å²) in [4.78, 5) is 4.51. The quantitative estimate of drug-likeness (QED) is 0.719. The molecule has 116 valence electrons. The van der Waals surface area contributed by atoms with Gasteiger partial charge in [-0.15, -0.1) is 11.6 Å². The standard InChI is InChI=1S/C16H22ClFN2O/c1-9(2)6-10(3)20-14-8-15(21-5)12(18)7-13(14)19-16(20)11(4)17/h7-11H,6H2,1-5H3. The van der Waals surface area contributed by atoms with Gasteiger partial charge in [0.05, 0.1) is 23.5 Å². The average molecular weight is 313 g/mol. The Bertz CT molecular complexity index is 637. The highest BCUT2D eigenvalue weighted by Crippen LogP contribution is 2.33. The molecule has 2 atom stereocenters. The molecular weight excluding hydrogens is 291 g/mol. The van der Waals surface area contributed by atoms with Crippen LogP contribution in [-0.2, 0) is 0 Å². The number of methoxy groups -OCH3 is 1. The van der Waals surface area contributed by atoms with Crippen LogP contribution >= 0.6 is 11.6 Å². The lowest BCUT2D eigenvalue weighted by molar-refractivity contribution is 0.386. The van der Waals surface area contributed by atoms with Crippen LogP contribution in [0.3, 0.4) is 0 Å². The van der Waals surface area contributed by atoms with Gasteiger partial charge in [-0.05, 0) is 26.2 Å². The van der Waals surface area contributed by atoms with Crippen LogP contribution in [-0.4, -0.2) is 16.7 Å². The number of alkyl halides is 1. The molecule has 0 spiro atoms. The van der Waals surface area contributed by atoms with Crippen molar-refractivity contribution in [1.29, 1.82) is 0 Å². The molecule has 1 heterocycles. The number of fused-ring (bicyclic) bond motifs is 1. The van der Waals surface area contributed by atoms with Gasteiger partial charge in [0.15, 0.2) is 11.6 Å². The van der Waals surface area contributed by atoms with E-state index in [0.717, 1.165) is 17.8 Å². The highest BCUT2D eigenvalue weighted by Gasteiger charge is 2.21. The fourth-order valence-corrected chi connectivity index (χ4v) is 2.96. The van der Waals surface area contributed by atoms with E-state index in [9.17, 15) is 4.39 Å². The van der Waals surface area contributed by atoms with E-state index in [1.165, 1.54) is 13.2 Å². The molecule has 2 rings (SSSR count). The van der Waals surface area contributed by atoms with E-state index in [2.05, 4.69) is 30.3 Å². The summed E-state index contributed by atoms with van der Waals surface area (Å²) < 4.78 is 21.1.